The molecule has 0 aromatic carbocycles. The largest absolute Gasteiger partial charge is 0.550 e. The minimum Gasteiger partial charge on any atom is -0.550 e. The number of quaternary nitrogens is 1. The maximum Gasteiger partial charge on any atom is 0.0784 e. The molecule has 0 unspecified atom stereocenters. The molecule has 0 saturated carbocycles. The zero-order valence-electron chi connectivity index (χ0n) is 14.1. The quantitative estimate of drug-likeness (QED) is 0.474. The van der Waals surface area contributed by atoms with Crippen LogP contribution in [-0.2, 0) is 14.3 Å². The summed E-state index contributed by atoms with van der Waals surface area (Å²) in [7, 11) is 3.98. The lowest BCUT2D eigenvalue weighted by atomic mass is 10.1. The summed E-state index contributed by atoms with van der Waals surface area (Å²) in [5, 5.41) is 9.81. The number of ether oxygens (including phenoxy) is 2. The van der Waals surface area contributed by atoms with Crippen molar-refractivity contribution in [2.75, 3.05) is 53.6 Å². The smallest absolute Gasteiger partial charge is 0.0784 e. The lowest BCUT2D eigenvalue weighted by molar-refractivity contribution is -0.914. The van der Waals surface area contributed by atoms with E-state index < -0.39 is 5.97 Å². The Morgan fingerprint density at radius 1 is 1.14 bits per heavy atom. The Morgan fingerprint density at radius 3 is 2.33 bits per heavy atom. The average Bonchev–Trinajstić information content (AvgIpc) is 2.46. The SMILES string of the molecule is CCCC[N+]1(C)CCCCC1.COCCOCCC(=O)[O-]. The predicted molar refractivity (Wildman–Crippen MR) is 81.9 cm³/mol. The molecule has 0 bridgehead atoms. The number of carboxylic acids is 1. The van der Waals surface area contributed by atoms with Gasteiger partial charge in [0.15, 0.2) is 0 Å². The molecule has 5 heteroatoms. The molecular weight excluding hydrogens is 270 g/mol. The van der Waals surface area contributed by atoms with E-state index in [1.165, 1.54) is 56.2 Å². The maximum absolute atomic E-state index is 9.81. The van der Waals surface area contributed by atoms with Crippen LogP contribution in [0.5, 0.6) is 0 Å². The van der Waals surface area contributed by atoms with Gasteiger partial charge in [-0.3, -0.25) is 0 Å². The Kier molecular flexibility index (Phi) is 12.6. The van der Waals surface area contributed by atoms with E-state index in [0.29, 0.717) is 13.2 Å². The summed E-state index contributed by atoms with van der Waals surface area (Å²) in [6.45, 7) is 7.69. The molecule has 1 aliphatic heterocycles. The minimum absolute atomic E-state index is 0.0519. The fourth-order valence-electron chi connectivity index (χ4n) is 2.44. The number of carbonyl (C=O) groups excluding carboxylic acids is 1. The first-order valence-corrected chi connectivity index (χ1v) is 8.14. The highest BCUT2D eigenvalue weighted by atomic mass is 16.5. The summed E-state index contributed by atoms with van der Waals surface area (Å²) in [4.78, 5) is 9.81. The Morgan fingerprint density at radius 2 is 1.81 bits per heavy atom. The maximum atomic E-state index is 9.81. The number of rotatable bonds is 9. The molecule has 0 aliphatic carbocycles. The van der Waals surface area contributed by atoms with Crippen molar-refractivity contribution in [1.29, 1.82) is 0 Å². The third kappa shape index (κ3) is 12.8. The van der Waals surface area contributed by atoms with Gasteiger partial charge in [0.05, 0.1) is 46.5 Å². The molecule has 0 aromatic heterocycles. The van der Waals surface area contributed by atoms with Gasteiger partial charge in [-0.15, -0.1) is 0 Å². The molecule has 0 N–H and O–H groups in total. The first kappa shape index (κ1) is 20.3. The van der Waals surface area contributed by atoms with Crippen molar-refractivity contribution in [3.05, 3.63) is 0 Å². The highest BCUT2D eigenvalue weighted by Gasteiger charge is 2.23. The van der Waals surface area contributed by atoms with Crippen molar-refractivity contribution in [3.8, 4) is 0 Å². The zero-order chi connectivity index (χ0) is 16.0. The molecule has 0 amide bonds. The Balaban J connectivity index is 0.000000384. The summed E-state index contributed by atoms with van der Waals surface area (Å²) >= 11 is 0. The van der Waals surface area contributed by atoms with Crippen molar-refractivity contribution in [2.24, 2.45) is 0 Å². The van der Waals surface area contributed by atoms with Gasteiger partial charge in [0.25, 0.3) is 0 Å². The van der Waals surface area contributed by atoms with Gasteiger partial charge < -0.3 is 23.9 Å². The Labute approximate surface area is 129 Å². The van der Waals surface area contributed by atoms with Crippen molar-refractivity contribution < 1.29 is 23.9 Å². The minimum atomic E-state index is -1.09. The number of carboxylic acid groups (broad SMARTS) is 1. The average molecular weight is 303 g/mol. The summed E-state index contributed by atoms with van der Waals surface area (Å²) in [5.41, 5.74) is 0. The van der Waals surface area contributed by atoms with Gasteiger partial charge in [-0.25, -0.2) is 0 Å². The third-order valence-corrected chi connectivity index (χ3v) is 3.83. The number of likely N-dealkylation sites (tertiary alicyclic amines) is 1. The van der Waals surface area contributed by atoms with E-state index in [4.69, 9.17) is 4.74 Å². The third-order valence-electron chi connectivity index (χ3n) is 3.83. The van der Waals surface area contributed by atoms with Gasteiger partial charge in [0, 0.05) is 19.5 Å². The normalized spacial score (nSPS) is 16.9. The second-order valence-corrected chi connectivity index (χ2v) is 5.93. The number of nitrogens with zero attached hydrogens (tertiary/aromatic N) is 1. The van der Waals surface area contributed by atoms with Crippen LogP contribution in [0.3, 0.4) is 0 Å². The second kappa shape index (κ2) is 13.0. The van der Waals surface area contributed by atoms with Crippen LogP contribution in [0.4, 0.5) is 0 Å². The number of piperidine rings is 1. The van der Waals surface area contributed by atoms with E-state index in [1.807, 2.05) is 0 Å². The predicted octanol–water partition coefficient (Wildman–Crippen LogP) is 1.21. The first-order valence-electron chi connectivity index (χ1n) is 8.14. The van der Waals surface area contributed by atoms with Crippen LogP contribution in [-0.4, -0.2) is 64.1 Å². The fourth-order valence-corrected chi connectivity index (χ4v) is 2.44. The summed E-state index contributed by atoms with van der Waals surface area (Å²) in [6.07, 6.45) is 7.11. The van der Waals surface area contributed by atoms with E-state index in [0.717, 1.165) is 0 Å². The van der Waals surface area contributed by atoms with Crippen LogP contribution in [0.1, 0.15) is 45.4 Å². The van der Waals surface area contributed by atoms with Crippen LogP contribution in [0.2, 0.25) is 0 Å². The molecule has 1 rings (SSSR count). The van der Waals surface area contributed by atoms with Crippen molar-refractivity contribution in [3.63, 3.8) is 0 Å². The van der Waals surface area contributed by atoms with E-state index in [2.05, 4.69) is 18.7 Å². The molecule has 0 radical (unpaired) electrons. The number of hydrogen-bond donors (Lipinski definition) is 0. The lowest BCUT2D eigenvalue weighted by Crippen LogP contribution is -2.48. The highest BCUT2D eigenvalue weighted by molar-refractivity contribution is 5.64. The molecular formula is C16H33NO4. The molecule has 0 spiro atoms. The molecule has 126 valence electrons. The van der Waals surface area contributed by atoms with Crippen LogP contribution < -0.4 is 5.11 Å². The zero-order valence-corrected chi connectivity index (χ0v) is 14.1. The molecule has 0 aromatic rings. The summed E-state index contributed by atoms with van der Waals surface area (Å²) in [5.74, 6) is -1.09. The lowest BCUT2D eigenvalue weighted by Gasteiger charge is -2.37. The van der Waals surface area contributed by atoms with Crippen LogP contribution in [0.15, 0.2) is 0 Å². The summed E-state index contributed by atoms with van der Waals surface area (Å²) in [6, 6.07) is 0. The van der Waals surface area contributed by atoms with E-state index in [-0.39, 0.29) is 13.0 Å². The summed E-state index contributed by atoms with van der Waals surface area (Å²) < 4.78 is 10.9. The first-order chi connectivity index (χ1) is 10.0. The second-order valence-electron chi connectivity index (χ2n) is 5.93. The fraction of sp³-hybridized carbons (Fsp3) is 0.938. The number of unbranched alkanes of at least 4 members (excludes halogenated alkanes) is 1. The van der Waals surface area contributed by atoms with E-state index >= 15 is 0 Å². The molecule has 1 aliphatic rings. The van der Waals surface area contributed by atoms with Gasteiger partial charge in [-0.2, -0.15) is 0 Å². The van der Waals surface area contributed by atoms with E-state index in [1.54, 1.807) is 7.11 Å². The Bertz CT molecular complexity index is 253. The van der Waals surface area contributed by atoms with Crippen LogP contribution >= 0.6 is 0 Å². The van der Waals surface area contributed by atoms with Crippen molar-refractivity contribution in [1.82, 2.24) is 0 Å². The molecule has 1 fully saturated rings. The van der Waals surface area contributed by atoms with Gasteiger partial charge in [0.1, 0.15) is 0 Å². The van der Waals surface area contributed by atoms with Crippen LogP contribution in [0, 0.1) is 0 Å². The Hall–Kier alpha value is -0.650. The number of carbonyl (C=O) groups is 1. The highest BCUT2D eigenvalue weighted by Crippen LogP contribution is 2.16. The molecule has 1 saturated heterocycles. The molecule has 5 nitrogen and oxygen atoms in total. The number of hydrogen-bond acceptors (Lipinski definition) is 4. The van der Waals surface area contributed by atoms with Gasteiger partial charge >= 0.3 is 0 Å². The number of methoxy groups -OCH3 is 1. The van der Waals surface area contributed by atoms with Crippen LogP contribution in [0.25, 0.3) is 0 Å². The molecule has 1 heterocycles. The van der Waals surface area contributed by atoms with Crippen molar-refractivity contribution >= 4 is 5.97 Å². The van der Waals surface area contributed by atoms with Gasteiger partial charge in [-0.1, -0.05) is 13.3 Å². The van der Waals surface area contributed by atoms with Gasteiger partial charge in [-0.05, 0) is 25.7 Å². The molecule has 21 heavy (non-hydrogen) atoms. The van der Waals surface area contributed by atoms with E-state index in [9.17, 15) is 9.90 Å². The number of aliphatic carboxylic acids is 1. The molecule has 0 atom stereocenters. The van der Waals surface area contributed by atoms with Gasteiger partial charge in [0.2, 0.25) is 0 Å². The topological polar surface area (TPSA) is 58.6 Å². The van der Waals surface area contributed by atoms with Crippen molar-refractivity contribution in [2.45, 2.75) is 45.4 Å². The monoisotopic (exact) mass is 303 g/mol. The standard InChI is InChI=1S/C10H22N.C6H12O4/c1-3-4-8-11(2)9-6-5-7-10-11;1-9-4-5-10-3-2-6(7)8/h3-10H2,1-2H3;2-5H2,1H3,(H,7,8)/q+1;/p-1.